The van der Waals surface area contributed by atoms with Crippen LogP contribution in [0, 0.1) is 16.2 Å². The van der Waals surface area contributed by atoms with E-state index in [1.807, 2.05) is 41.3 Å². The van der Waals surface area contributed by atoms with Gasteiger partial charge in [-0.05, 0) is 29.4 Å². The summed E-state index contributed by atoms with van der Waals surface area (Å²) >= 11 is 0. The SMILES string of the molecule is CC1(C)[C@@]2(C(=O)N(Cc3ccccc3)Cc3ccccc3)CC[C@@]1(C)C(=O)C2. The van der Waals surface area contributed by atoms with Gasteiger partial charge in [0, 0.05) is 24.9 Å². The maximum atomic E-state index is 14.0. The molecule has 28 heavy (non-hydrogen) atoms. The van der Waals surface area contributed by atoms with Crippen LogP contribution in [0.2, 0.25) is 0 Å². The molecular weight excluding hydrogens is 346 g/mol. The predicted molar refractivity (Wildman–Crippen MR) is 110 cm³/mol. The zero-order valence-electron chi connectivity index (χ0n) is 17.1. The molecule has 0 N–H and O–H groups in total. The molecule has 2 saturated carbocycles. The van der Waals surface area contributed by atoms with Crippen LogP contribution < -0.4 is 0 Å². The van der Waals surface area contributed by atoms with Gasteiger partial charge in [-0.3, -0.25) is 9.59 Å². The van der Waals surface area contributed by atoms with E-state index < -0.39 is 5.41 Å². The van der Waals surface area contributed by atoms with Crippen LogP contribution in [0.4, 0.5) is 0 Å². The summed E-state index contributed by atoms with van der Waals surface area (Å²) in [5.74, 6) is 0.399. The molecule has 1 amide bonds. The minimum Gasteiger partial charge on any atom is -0.334 e. The van der Waals surface area contributed by atoms with Gasteiger partial charge in [-0.25, -0.2) is 0 Å². The molecule has 0 radical (unpaired) electrons. The molecular formula is C25H29NO2. The molecule has 0 spiro atoms. The summed E-state index contributed by atoms with van der Waals surface area (Å²) in [6, 6.07) is 20.3. The molecule has 4 rings (SSSR count). The number of hydrogen-bond donors (Lipinski definition) is 0. The van der Waals surface area contributed by atoms with E-state index in [0.29, 0.717) is 19.5 Å². The normalized spacial score (nSPS) is 27.8. The van der Waals surface area contributed by atoms with Crippen molar-refractivity contribution in [2.45, 2.75) is 53.1 Å². The quantitative estimate of drug-likeness (QED) is 0.737. The van der Waals surface area contributed by atoms with E-state index >= 15 is 0 Å². The van der Waals surface area contributed by atoms with Crippen LogP contribution in [-0.4, -0.2) is 16.6 Å². The zero-order chi connectivity index (χ0) is 20.0. The second-order valence-corrected chi connectivity index (χ2v) is 9.27. The first-order chi connectivity index (χ1) is 13.3. The van der Waals surface area contributed by atoms with Gasteiger partial charge in [0.15, 0.2) is 0 Å². The number of carbonyl (C=O) groups excluding carboxylic acids is 2. The Morgan fingerprint density at radius 3 is 1.75 bits per heavy atom. The summed E-state index contributed by atoms with van der Waals surface area (Å²) in [6.45, 7) is 7.46. The second kappa shape index (κ2) is 6.58. The fourth-order valence-corrected chi connectivity index (χ4v) is 5.44. The molecule has 2 atom stereocenters. The number of fused-ring (bicyclic) bond motifs is 2. The van der Waals surface area contributed by atoms with Gasteiger partial charge in [-0.15, -0.1) is 0 Å². The lowest BCUT2D eigenvalue weighted by atomic mass is 9.64. The summed E-state index contributed by atoms with van der Waals surface area (Å²) in [5.41, 5.74) is 0.952. The van der Waals surface area contributed by atoms with Gasteiger partial charge in [0.05, 0.1) is 5.41 Å². The Morgan fingerprint density at radius 1 is 0.857 bits per heavy atom. The molecule has 0 aromatic heterocycles. The van der Waals surface area contributed by atoms with E-state index in [9.17, 15) is 9.59 Å². The maximum absolute atomic E-state index is 14.0. The third-order valence-electron chi connectivity index (χ3n) is 7.83. The molecule has 0 unspecified atom stereocenters. The van der Waals surface area contributed by atoms with Gasteiger partial charge in [0.25, 0.3) is 0 Å². The number of benzene rings is 2. The number of ketones is 1. The van der Waals surface area contributed by atoms with Crippen molar-refractivity contribution in [2.24, 2.45) is 16.2 Å². The Balaban J connectivity index is 1.70. The van der Waals surface area contributed by atoms with Crippen molar-refractivity contribution in [3.8, 4) is 0 Å². The molecule has 3 heteroatoms. The largest absolute Gasteiger partial charge is 0.334 e. The van der Waals surface area contributed by atoms with Gasteiger partial charge in [0.2, 0.25) is 5.91 Å². The van der Waals surface area contributed by atoms with Crippen LogP contribution in [0.25, 0.3) is 0 Å². The minimum atomic E-state index is -0.581. The summed E-state index contributed by atoms with van der Waals surface area (Å²) in [4.78, 5) is 28.8. The molecule has 0 heterocycles. The average molecular weight is 376 g/mol. The number of nitrogens with zero attached hydrogens (tertiary/aromatic N) is 1. The third kappa shape index (κ3) is 2.63. The molecule has 2 aliphatic rings. The van der Waals surface area contributed by atoms with E-state index in [2.05, 4.69) is 45.0 Å². The zero-order valence-corrected chi connectivity index (χ0v) is 17.1. The summed E-state index contributed by atoms with van der Waals surface area (Å²) in [7, 11) is 0. The molecule has 0 aliphatic heterocycles. The smallest absolute Gasteiger partial charge is 0.230 e. The van der Waals surface area contributed by atoms with Crippen LogP contribution in [-0.2, 0) is 22.7 Å². The van der Waals surface area contributed by atoms with Crippen molar-refractivity contribution in [2.75, 3.05) is 0 Å². The number of Topliss-reactive ketones (excluding diaryl/α,β-unsaturated/α-hetero) is 1. The van der Waals surface area contributed by atoms with Gasteiger partial charge in [-0.2, -0.15) is 0 Å². The summed E-state index contributed by atoms with van der Waals surface area (Å²) < 4.78 is 0. The highest BCUT2D eigenvalue weighted by Gasteiger charge is 2.72. The van der Waals surface area contributed by atoms with E-state index in [0.717, 1.165) is 24.0 Å². The van der Waals surface area contributed by atoms with Crippen molar-refractivity contribution < 1.29 is 9.59 Å². The number of hydrogen-bond acceptors (Lipinski definition) is 2. The molecule has 2 fully saturated rings. The maximum Gasteiger partial charge on any atom is 0.230 e. The Kier molecular flexibility index (Phi) is 4.45. The Hall–Kier alpha value is -2.42. The first-order valence-electron chi connectivity index (χ1n) is 10.2. The minimum absolute atomic E-state index is 0.139. The monoisotopic (exact) mass is 375 g/mol. The van der Waals surface area contributed by atoms with E-state index in [4.69, 9.17) is 0 Å². The Labute approximate surface area is 167 Å². The second-order valence-electron chi connectivity index (χ2n) is 9.27. The Bertz CT molecular complexity index is 848. The van der Waals surface area contributed by atoms with Crippen LogP contribution in [0.15, 0.2) is 60.7 Å². The summed E-state index contributed by atoms with van der Waals surface area (Å²) in [6.07, 6.45) is 2.01. The first-order valence-corrected chi connectivity index (χ1v) is 10.2. The van der Waals surface area contributed by atoms with Crippen LogP contribution in [0.3, 0.4) is 0 Å². The molecule has 2 aliphatic carbocycles. The average Bonchev–Trinajstić information content (AvgIpc) is 2.99. The van der Waals surface area contributed by atoms with Crippen molar-refractivity contribution in [3.63, 3.8) is 0 Å². The van der Waals surface area contributed by atoms with Gasteiger partial charge >= 0.3 is 0 Å². The number of rotatable bonds is 5. The molecule has 2 bridgehead atoms. The molecule has 0 saturated heterocycles. The van der Waals surface area contributed by atoms with E-state index in [1.165, 1.54) is 0 Å². The fraction of sp³-hybridized carbons (Fsp3) is 0.440. The van der Waals surface area contributed by atoms with E-state index in [1.54, 1.807) is 0 Å². The summed E-state index contributed by atoms with van der Waals surface area (Å²) in [5, 5.41) is 0. The molecule has 146 valence electrons. The van der Waals surface area contributed by atoms with Gasteiger partial charge < -0.3 is 4.90 Å². The van der Waals surface area contributed by atoms with Crippen molar-refractivity contribution in [3.05, 3.63) is 71.8 Å². The lowest BCUT2D eigenvalue weighted by molar-refractivity contribution is -0.149. The number of carbonyl (C=O) groups is 2. The van der Waals surface area contributed by atoms with Gasteiger partial charge in [-0.1, -0.05) is 81.4 Å². The van der Waals surface area contributed by atoms with Crippen LogP contribution in [0.1, 0.15) is 51.2 Å². The third-order valence-corrected chi connectivity index (χ3v) is 7.83. The lowest BCUT2D eigenvalue weighted by Crippen LogP contribution is -2.48. The topological polar surface area (TPSA) is 37.4 Å². The fourth-order valence-electron chi connectivity index (χ4n) is 5.44. The predicted octanol–water partition coefficient (Wildman–Crippen LogP) is 5.00. The standard InChI is InChI=1S/C25H29NO2/c1-23(2)24(3)14-15-25(23,16-21(24)27)22(28)26(17-19-10-6-4-7-11-19)18-20-12-8-5-9-13-20/h4-13H,14-18H2,1-3H3/t24-,25-/m0/s1. The number of amides is 1. The van der Waals surface area contributed by atoms with Crippen molar-refractivity contribution in [1.82, 2.24) is 4.90 Å². The van der Waals surface area contributed by atoms with E-state index in [-0.39, 0.29) is 22.5 Å². The highest BCUT2D eigenvalue weighted by atomic mass is 16.2. The molecule has 3 nitrogen and oxygen atoms in total. The first kappa shape index (κ1) is 18.9. The molecule has 2 aromatic carbocycles. The van der Waals surface area contributed by atoms with Gasteiger partial charge in [0.1, 0.15) is 5.78 Å². The molecule has 2 aromatic rings. The Morgan fingerprint density at radius 2 is 1.36 bits per heavy atom. The highest BCUT2D eigenvalue weighted by molar-refractivity contribution is 5.99. The van der Waals surface area contributed by atoms with Crippen molar-refractivity contribution in [1.29, 1.82) is 0 Å². The van der Waals surface area contributed by atoms with Crippen molar-refractivity contribution >= 4 is 11.7 Å². The van der Waals surface area contributed by atoms with Crippen LogP contribution >= 0.6 is 0 Å². The highest BCUT2D eigenvalue weighted by Crippen LogP contribution is 2.71. The van der Waals surface area contributed by atoms with Crippen LogP contribution in [0.5, 0.6) is 0 Å². The lowest BCUT2D eigenvalue weighted by Gasteiger charge is -2.41.